The van der Waals surface area contributed by atoms with E-state index in [1.165, 1.54) is 0 Å². The second-order valence-corrected chi connectivity index (χ2v) is 7.95. The molecule has 2 unspecified atom stereocenters. The van der Waals surface area contributed by atoms with Crippen LogP contribution in [0.15, 0.2) is 0 Å². The van der Waals surface area contributed by atoms with Crippen LogP contribution in [0.1, 0.15) is 52.4 Å². The van der Waals surface area contributed by atoms with Crippen LogP contribution in [-0.2, 0) is 14.4 Å². The van der Waals surface area contributed by atoms with Crippen molar-refractivity contribution in [2.24, 2.45) is 11.8 Å². The molecule has 26 heavy (non-hydrogen) atoms. The summed E-state index contributed by atoms with van der Waals surface area (Å²) in [6.07, 6.45) is 5.21. The molecular weight excluding hydrogens is 332 g/mol. The van der Waals surface area contributed by atoms with Crippen LogP contribution in [0.2, 0.25) is 0 Å². The van der Waals surface area contributed by atoms with Gasteiger partial charge in [0.25, 0.3) is 0 Å². The minimum Gasteiger partial charge on any atom is -0.354 e. The smallest absolute Gasteiger partial charge is 0.241 e. The first-order valence-corrected chi connectivity index (χ1v) is 10.0. The van der Waals surface area contributed by atoms with Crippen LogP contribution in [0.4, 0.5) is 0 Å². The van der Waals surface area contributed by atoms with E-state index in [9.17, 15) is 14.4 Å². The molecule has 0 radical (unpaired) electrons. The molecule has 2 rings (SSSR count). The molecule has 3 amide bonds. The standard InChI is InChI=1S/C19H34N4O3/c1-14(2)7-8-17(24)21-12-18(25)23-10-4-5-15(13-23)11-22-19(26)16-6-3-9-20-16/h14-16,20H,3-13H2,1-2H3,(H,21,24)(H,22,26). The average molecular weight is 367 g/mol. The van der Waals surface area contributed by atoms with Gasteiger partial charge in [-0.05, 0) is 50.5 Å². The number of likely N-dealkylation sites (tertiary alicyclic amines) is 1. The van der Waals surface area contributed by atoms with E-state index in [0.29, 0.717) is 25.4 Å². The second-order valence-electron chi connectivity index (χ2n) is 7.95. The normalized spacial score (nSPS) is 23.1. The molecule has 0 spiro atoms. The lowest BCUT2D eigenvalue weighted by atomic mass is 9.97. The maximum Gasteiger partial charge on any atom is 0.241 e. The summed E-state index contributed by atoms with van der Waals surface area (Å²) in [6, 6.07) is -0.0580. The van der Waals surface area contributed by atoms with Gasteiger partial charge in [0.15, 0.2) is 0 Å². The summed E-state index contributed by atoms with van der Waals surface area (Å²) in [7, 11) is 0. The Morgan fingerprint density at radius 3 is 2.65 bits per heavy atom. The van der Waals surface area contributed by atoms with Gasteiger partial charge in [-0.1, -0.05) is 13.8 Å². The highest BCUT2D eigenvalue weighted by molar-refractivity contribution is 5.84. The van der Waals surface area contributed by atoms with Crippen LogP contribution in [-0.4, -0.2) is 61.4 Å². The van der Waals surface area contributed by atoms with E-state index < -0.39 is 0 Å². The number of rotatable bonds is 8. The molecule has 0 aromatic rings. The molecule has 7 nitrogen and oxygen atoms in total. The zero-order valence-electron chi connectivity index (χ0n) is 16.2. The highest BCUT2D eigenvalue weighted by Gasteiger charge is 2.26. The third kappa shape index (κ3) is 6.94. The Morgan fingerprint density at radius 2 is 1.96 bits per heavy atom. The molecule has 0 saturated carbocycles. The quantitative estimate of drug-likeness (QED) is 0.588. The van der Waals surface area contributed by atoms with Gasteiger partial charge >= 0.3 is 0 Å². The van der Waals surface area contributed by atoms with Gasteiger partial charge in [0.1, 0.15) is 0 Å². The maximum atomic E-state index is 12.3. The summed E-state index contributed by atoms with van der Waals surface area (Å²) < 4.78 is 0. The summed E-state index contributed by atoms with van der Waals surface area (Å²) in [5.41, 5.74) is 0. The van der Waals surface area contributed by atoms with E-state index in [1.807, 2.05) is 4.90 Å². The second kappa shape index (κ2) is 10.5. The van der Waals surface area contributed by atoms with Crippen molar-refractivity contribution >= 4 is 17.7 Å². The Balaban J connectivity index is 1.67. The first kappa shape index (κ1) is 20.7. The lowest BCUT2D eigenvalue weighted by Gasteiger charge is -2.33. The van der Waals surface area contributed by atoms with Gasteiger partial charge < -0.3 is 20.9 Å². The van der Waals surface area contributed by atoms with Gasteiger partial charge in [0.2, 0.25) is 17.7 Å². The van der Waals surface area contributed by atoms with Crippen LogP contribution in [0.25, 0.3) is 0 Å². The number of hydrogen-bond donors (Lipinski definition) is 3. The van der Waals surface area contributed by atoms with Crippen molar-refractivity contribution in [3.63, 3.8) is 0 Å². The highest BCUT2D eigenvalue weighted by atomic mass is 16.2. The zero-order valence-corrected chi connectivity index (χ0v) is 16.2. The van der Waals surface area contributed by atoms with Crippen molar-refractivity contribution in [1.29, 1.82) is 0 Å². The average Bonchev–Trinajstić information content (AvgIpc) is 3.17. The van der Waals surface area contributed by atoms with Crippen LogP contribution in [0.5, 0.6) is 0 Å². The Kier molecular flexibility index (Phi) is 8.35. The number of amides is 3. The highest BCUT2D eigenvalue weighted by Crippen LogP contribution is 2.16. The van der Waals surface area contributed by atoms with Gasteiger partial charge in [-0.25, -0.2) is 0 Å². The van der Waals surface area contributed by atoms with Crippen LogP contribution in [0.3, 0.4) is 0 Å². The van der Waals surface area contributed by atoms with Gasteiger partial charge in [0.05, 0.1) is 12.6 Å². The molecule has 2 aliphatic heterocycles. The predicted molar refractivity (Wildman–Crippen MR) is 100 cm³/mol. The van der Waals surface area contributed by atoms with Gasteiger partial charge in [-0.15, -0.1) is 0 Å². The molecule has 0 aromatic carbocycles. The molecule has 0 aliphatic carbocycles. The number of carbonyl (C=O) groups is 3. The first-order valence-electron chi connectivity index (χ1n) is 10.0. The van der Waals surface area contributed by atoms with E-state index >= 15 is 0 Å². The van der Waals surface area contributed by atoms with Crippen molar-refractivity contribution in [1.82, 2.24) is 20.9 Å². The van der Waals surface area contributed by atoms with Gasteiger partial charge in [-0.3, -0.25) is 14.4 Å². The summed E-state index contributed by atoms with van der Waals surface area (Å²) >= 11 is 0. The third-order valence-electron chi connectivity index (χ3n) is 5.20. The fourth-order valence-electron chi connectivity index (χ4n) is 3.53. The third-order valence-corrected chi connectivity index (χ3v) is 5.20. The summed E-state index contributed by atoms with van der Waals surface area (Å²) in [6.45, 7) is 7.13. The van der Waals surface area contributed by atoms with Crippen molar-refractivity contribution < 1.29 is 14.4 Å². The fourth-order valence-corrected chi connectivity index (χ4v) is 3.53. The Hall–Kier alpha value is -1.63. The van der Waals surface area contributed by atoms with Crippen LogP contribution < -0.4 is 16.0 Å². The van der Waals surface area contributed by atoms with Crippen molar-refractivity contribution in [2.45, 2.75) is 58.4 Å². The minimum absolute atomic E-state index is 0.0311. The van der Waals surface area contributed by atoms with Crippen molar-refractivity contribution in [3.8, 4) is 0 Å². The first-order chi connectivity index (χ1) is 12.5. The van der Waals surface area contributed by atoms with Crippen LogP contribution >= 0.6 is 0 Å². The fraction of sp³-hybridized carbons (Fsp3) is 0.842. The Labute approximate surface area is 156 Å². The number of piperidine rings is 1. The molecule has 2 aliphatic rings. The largest absolute Gasteiger partial charge is 0.354 e. The van der Waals surface area contributed by atoms with Gasteiger partial charge in [-0.2, -0.15) is 0 Å². The van der Waals surface area contributed by atoms with E-state index in [0.717, 1.165) is 45.2 Å². The molecule has 2 fully saturated rings. The molecule has 0 aromatic heterocycles. The summed E-state index contributed by atoms with van der Waals surface area (Å²) in [4.78, 5) is 38.0. The number of nitrogens with one attached hydrogen (secondary N) is 3. The minimum atomic E-state index is -0.0584. The Bertz CT molecular complexity index is 489. The Morgan fingerprint density at radius 1 is 1.15 bits per heavy atom. The maximum absolute atomic E-state index is 12.3. The van der Waals surface area contributed by atoms with E-state index in [-0.39, 0.29) is 36.2 Å². The summed E-state index contributed by atoms with van der Waals surface area (Å²) in [5, 5.41) is 8.95. The SMILES string of the molecule is CC(C)CCC(=O)NCC(=O)N1CCCC(CNC(=O)C2CCCN2)C1. The molecule has 0 bridgehead atoms. The van der Waals surface area contributed by atoms with Crippen molar-refractivity contribution in [2.75, 3.05) is 32.7 Å². The molecule has 3 N–H and O–H groups in total. The number of hydrogen-bond acceptors (Lipinski definition) is 4. The predicted octanol–water partition coefficient (Wildman–Crippen LogP) is 0.646. The molecule has 2 heterocycles. The molecule has 148 valence electrons. The van der Waals surface area contributed by atoms with E-state index in [4.69, 9.17) is 0 Å². The monoisotopic (exact) mass is 366 g/mol. The molecule has 2 saturated heterocycles. The molecule has 7 heteroatoms. The summed E-state index contributed by atoms with van der Waals surface area (Å²) in [5.74, 6) is 0.750. The lowest BCUT2D eigenvalue weighted by Crippen LogP contribution is -2.48. The lowest BCUT2D eigenvalue weighted by molar-refractivity contribution is -0.134. The van der Waals surface area contributed by atoms with E-state index in [2.05, 4.69) is 29.8 Å². The van der Waals surface area contributed by atoms with Crippen LogP contribution in [0, 0.1) is 11.8 Å². The number of nitrogens with zero attached hydrogens (tertiary/aromatic N) is 1. The van der Waals surface area contributed by atoms with Gasteiger partial charge in [0, 0.05) is 26.1 Å². The number of carbonyl (C=O) groups excluding carboxylic acids is 3. The molecule has 2 atom stereocenters. The van der Waals surface area contributed by atoms with Crippen molar-refractivity contribution in [3.05, 3.63) is 0 Å². The topological polar surface area (TPSA) is 90.5 Å². The molecular formula is C19H34N4O3. The zero-order chi connectivity index (χ0) is 18.9. The van der Waals surface area contributed by atoms with E-state index in [1.54, 1.807) is 0 Å².